The number of benzene rings is 2. The second-order valence-electron chi connectivity index (χ2n) is 7.82. The molecule has 9 heteroatoms. The molecule has 6 nitrogen and oxygen atoms in total. The Morgan fingerprint density at radius 3 is 2.41 bits per heavy atom. The average molecular weight is 449 g/mol. The SMILES string of the molecule is CCc1cc2c(=O)c(-c3ccc4c(c3)OCCO4)c(C(F)(F)F)oc2c(CN(C)C)c1O. The van der Waals surface area contributed by atoms with Gasteiger partial charge in [0.1, 0.15) is 24.5 Å². The molecule has 2 aromatic carbocycles. The number of alkyl halides is 3. The van der Waals surface area contributed by atoms with Gasteiger partial charge in [0.15, 0.2) is 11.5 Å². The molecule has 2 heterocycles. The van der Waals surface area contributed by atoms with E-state index in [0.29, 0.717) is 24.3 Å². The summed E-state index contributed by atoms with van der Waals surface area (Å²) < 4.78 is 58.4. The first-order valence-electron chi connectivity index (χ1n) is 10.1. The zero-order valence-electron chi connectivity index (χ0n) is 17.8. The van der Waals surface area contributed by atoms with Crippen LogP contribution < -0.4 is 14.9 Å². The van der Waals surface area contributed by atoms with E-state index in [9.17, 15) is 23.1 Å². The standard InChI is InChI=1S/C23H22F3NO5/c1-4-12-9-14-20(29)18(13-5-6-16-17(10-13)31-8-7-30-16)22(23(24,25)26)32-21(14)15(19(12)28)11-27(2)3/h5-6,9-10,28H,4,7-8,11H2,1-3H3. The Labute approximate surface area is 181 Å². The summed E-state index contributed by atoms with van der Waals surface area (Å²) in [6, 6.07) is 5.60. The third-order valence-electron chi connectivity index (χ3n) is 5.27. The van der Waals surface area contributed by atoms with Crippen molar-refractivity contribution in [2.24, 2.45) is 0 Å². The van der Waals surface area contributed by atoms with Crippen LogP contribution in [0.1, 0.15) is 23.8 Å². The highest BCUT2D eigenvalue weighted by Crippen LogP contribution is 2.42. The Hall–Kier alpha value is -3.20. The van der Waals surface area contributed by atoms with Gasteiger partial charge in [0.25, 0.3) is 0 Å². The fraction of sp³-hybridized carbons (Fsp3) is 0.348. The summed E-state index contributed by atoms with van der Waals surface area (Å²) in [6.07, 6.45) is -4.55. The molecule has 1 aromatic heterocycles. The summed E-state index contributed by atoms with van der Waals surface area (Å²) in [4.78, 5) is 15.1. The maximum Gasteiger partial charge on any atom is 0.450 e. The molecule has 3 aromatic rings. The van der Waals surface area contributed by atoms with Crippen molar-refractivity contribution in [3.63, 3.8) is 0 Å². The van der Waals surface area contributed by atoms with E-state index in [0.717, 1.165) is 0 Å². The number of aryl methyl sites for hydroxylation is 1. The van der Waals surface area contributed by atoms with E-state index in [1.54, 1.807) is 25.9 Å². The van der Waals surface area contributed by atoms with E-state index in [1.165, 1.54) is 24.3 Å². The van der Waals surface area contributed by atoms with E-state index in [2.05, 4.69) is 0 Å². The number of nitrogens with zero attached hydrogens (tertiary/aromatic N) is 1. The van der Waals surface area contributed by atoms with Gasteiger partial charge in [-0.1, -0.05) is 13.0 Å². The third-order valence-corrected chi connectivity index (χ3v) is 5.27. The predicted octanol–water partition coefficient (Wildman–Crippen LogP) is 4.58. The van der Waals surface area contributed by atoms with Crippen LogP contribution in [0.3, 0.4) is 0 Å². The van der Waals surface area contributed by atoms with Gasteiger partial charge in [0.2, 0.25) is 11.2 Å². The van der Waals surface area contributed by atoms with Crippen LogP contribution >= 0.6 is 0 Å². The molecule has 0 unspecified atom stereocenters. The number of ether oxygens (including phenoxy) is 2. The number of hydrogen-bond donors (Lipinski definition) is 1. The molecule has 0 fully saturated rings. The number of phenols is 1. The number of aromatic hydroxyl groups is 1. The van der Waals surface area contributed by atoms with Crippen molar-refractivity contribution in [2.75, 3.05) is 27.3 Å². The zero-order chi connectivity index (χ0) is 23.2. The maximum atomic E-state index is 14.1. The first kappa shape index (κ1) is 22.0. The van der Waals surface area contributed by atoms with Crippen LogP contribution in [-0.2, 0) is 19.1 Å². The summed E-state index contributed by atoms with van der Waals surface area (Å²) in [6.45, 7) is 2.46. The largest absolute Gasteiger partial charge is 0.507 e. The summed E-state index contributed by atoms with van der Waals surface area (Å²) >= 11 is 0. The third kappa shape index (κ3) is 3.77. The molecule has 0 saturated heterocycles. The number of halogens is 3. The van der Waals surface area contributed by atoms with E-state index in [-0.39, 0.29) is 46.7 Å². The molecule has 0 spiro atoms. The van der Waals surface area contributed by atoms with Crippen molar-refractivity contribution in [3.8, 4) is 28.4 Å². The molecule has 0 saturated carbocycles. The van der Waals surface area contributed by atoms with Crippen LogP contribution in [0.25, 0.3) is 22.1 Å². The number of hydrogen-bond acceptors (Lipinski definition) is 6. The zero-order valence-corrected chi connectivity index (χ0v) is 17.8. The summed E-state index contributed by atoms with van der Waals surface area (Å²) in [5.41, 5.74) is -1.10. The van der Waals surface area contributed by atoms with E-state index >= 15 is 0 Å². The van der Waals surface area contributed by atoms with Crippen LogP contribution in [0.2, 0.25) is 0 Å². The molecular weight excluding hydrogens is 427 g/mol. The number of phenolic OH excluding ortho intramolecular Hbond substituents is 1. The molecule has 0 bridgehead atoms. The first-order chi connectivity index (χ1) is 15.1. The molecule has 0 radical (unpaired) electrons. The van der Waals surface area contributed by atoms with Gasteiger partial charge in [0.05, 0.1) is 16.5 Å². The van der Waals surface area contributed by atoms with E-state index in [4.69, 9.17) is 13.9 Å². The van der Waals surface area contributed by atoms with Gasteiger partial charge >= 0.3 is 6.18 Å². The lowest BCUT2D eigenvalue weighted by Gasteiger charge is -2.20. The van der Waals surface area contributed by atoms with Gasteiger partial charge < -0.3 is 23.9 Å². The first-order valence-corrected chi connectivity index (χ1v) is 10.1. The van der Waals surface area contributed by atoms with Crippen LogP contribution in [0.15, 0.2) is 33.5 Å². The van der Waals surface area contributed by atoms with Gasteiger partial charge in [-0.15, -0.1) is 0 Å². The summed E-state index contributed by atoms with van der Waals surface area (Å²) in [5, 5.41) is 10.6. The molecule has 1 aliphatic heterocycles. The van der Waals surface area contributed by atoms with Crippen molar-refractivity contribution >= 4 is 11.0 Å². The predicted molar refractivity (Wildman–Crippen MR) is 112 cm³/mol. The van der Waals surface area contributed by atoms with Gasteiger partial charge in [-0.25, -0.2) is 0 Å². The molecule has 0 aliphatic carbocycles. The van der Waals surface area contributed by atoms with Crippen molar-refractivity contribution in [1.29, 1.82) is 0 Å². The Morgan fingerprint density at radius 1 is 1.09 bits per heavy atom. The Bertz CT molecular complexity index is 1250. The Kier molecular flexibility index (Phi) is 5.54. The lowest BCUT2D eigenvalue weighted by atomic mass is 9.97. The molecule has 1 aliphatic rings. The topological polar surface area (TPSA) is 72.1 Å². The Balaban J connectivity index is 2.08. The monoisotopic (exact) mass is 449 g/mol. The smallest absolute Gasteiger partial charge is 0.450 e. The second kappa shape index (κ2) is 8.05. The highest BCUT2D eigenvalue weighted by Gasteiger charge is 2.40. The van der Waals surface area contributed by atoms with Crippen molar-refractivity contribution < 1.29 is 32.2 Å². The second-order valence-corrected chi connectivity index (χ2v) is 7.82. The van der Waals surface area contributed by atoms with Crippen LogP contribution in [0.5, 0.6) is 17.2 Å². The molecule has 0 atom stereocenters. The number of rotatable bonds is 4. The summed E-state index contributed by atoms with van der Waals surface area (Å²) in [7, 11) is 3.41. The Morgan fingerprint density at radius 2 is 1.78 bits per heavy atom. The molecular formula is C23H22F3NO5. The van der Waals surface area contributed by atoms with Crippen LogP contribution in [0.4, 0.5) is 13.2 Å². The highest BCUT2D eigenvalue weighted by molar-refractivity contribution is 5.88. The molecule has 0 amide bonds. The molecule has 170 valence electrons. The minimum absolute atomic E-state index is 0.0116. The highest BCUT2D eigenvalue weighted by atomic mass is 19.4. The minimum atomic E-state index is -4.94. The van der Waals surface area contributed by atoms with Crippen molar-refractivity contribution in [1.82, 2.24) is 4.90 Å². The summed E-state index contributed by atoms with van der Waals surface area (Å²) in [5.74, 6) is -0.938. The fourth-order valence-electron chi connectivity index (χ4n) is 3.84. The van der Waals surface area contributed by atoms with Crippen LogP contribution in [0, 0.1) is 0 Å². The van der Waals surface area contributed by atoms with E-state index < -0.39 is 22.9 Å². The van der Waals surface area contributed by atoms with Gasteiger partial charge in [-0.05, 0) is 49.8 Å². The maximum absolute atomic E-state index is 14.1. The molecule has 4 rings (SSSR count). The normalized spacial score (nSPS) is 13.7. The van der Waals surface area contributed by atoms with Crippen molar-refractivity contribution in [3.05, 3.63) is 51.4 Å². The molecule has 1 N–H and O–H groups in total. The minimum Gasteiger partial charge on any atom is -0.507 e. The number of fused-ring (bicyclic) bond motifs is 2. The fourth-order valence-corrected chi connectivity index (χ4v) is 3.84. The van der Waals surface area contributed by atoms with E-state index in [1.807, 2.05) is 0 Å². The van der Waals surface area contributed by atoms with Crippen LogP contribution in [-0.4, -0.2) is 37.3 Å². The van der Waals surface area contributed by atoms with Crippen molar-refractivity contribution in [2.45, 2.75) is 26.1 Å². The molecule has 32 heavy (non-hydrogen) atoms. The van der Waals surface area contributed by atoms with Gasteiger partial charge in [-0.3, -0.25) is 4.79 Å². The van der Waals surface area contributed by atoms with Gasteiger partial charge in [0, 0.05) is 6.54 Å². The van der Waals surface area contributed by atoms with Gasteiger partial charge in [-0.2, -0.15) is 13.2 Å². The lowest BCUT2D eigenvalue weighted by Crippen LogP contribution is -2.19. The lowest BCUT2D eigenvalue weighted by molar-refractivity contribution is -0.152. The quantitative estimate of drug-likeness (QED) is 0.629. The average Bonchev–Trinajstić information content (AvgIpc) is 2.74.